The first-order valence-corrected chi connectivity index (χ1v) is 10.2. The minimum Gasteiger partial charge on any atom is -0.508 e. The van der Waals surface area contributed by atoms with Crippen LogP contribution < -0.4 is 9.64 Å². The Kier molecular flexibility index (Phi) is 5.63. The van der Waals surface area contributed by atoms with Crippen LogP contribution in [0.2, 0.25) is 5.02 Å². The van der Waals surface area contributed by atoms with Gasteiger partial charge in [0.1, 0.15) is 17.3 Å². The molecular weight excluding hydrogens is 430 g/mol. The molecule has 1 unspecified atom stereocenters. The average molecular weight is 450 g/mol. The number of aliphatic hydroxyl groups is 1. The summed E-state index contributed by atoms with van der Waals surface area (Å²) in [6, 6.07) is 16.8. The lowest BCUT2D eigenvalue weighted by Crippen LogP contribution is -2.29. The van der Waals surface area contributed by atoms with Crippen LogP contribution in [-0.2, 0) is 9.59 Å². The lowest BCUT2D eigenvalue weighted by Gasteiger charge is -2.25. The second kappa shape index (κ2) is 8.40. The number of aliphatic hydroxyl groups excluding tert-OH is 1. The number of carbonyl (C=O) groups is 2. The number of rotatable bonds is 4. The number of hydrogen-bond donors (Lipinski definition) is 2. The van der Waals surface area contributed by atoms with Gasteiger partial charge in [-0.15, -0.1) is 0 Å². The number of halogens is 1. The Morgan fingerprint density at radius 2 is 1.66 bits per heavy atom. The third-order valence-corrected chi connectivity index (χ3v) is 5.68. The maximum atomic E-state index is 13.1. The number of phenols is 1. The average Bonchev–Trinajstić information content (AvgIpc) is 3.05. The van der Waals surface area contributed by atoms with Crippen LogP contribution >= 0.6 is 11.6 Å². The number of nitrogens with zero attached hydrogens (tertiary/aromatic N) is 1. The zero-order chi connectivity index (χ0) is 23.0. The van der Waals surface area contributed by atoms with Crippen LogP contribution in [0, 0.1) is 6.92 Å². The third kappa shape index (κ3) is 3.69. The molecule has 162 valence electrons. The highest BCUT2D eigenvalue weighted by Gasteiger charge is 2.47. The monoisotopic (exact) mass is 449 g/mol. The Labute approximate surface area is 189 Å². The minimum atomic E-state index is -0.890. The summed E-state index contributed by atoms with van der Waals surface area (Å²) >= 11 is 6.00. The van der Waals surface area contributed by atoms with E-state index in [1.807, 2.05) is 6.92 Å². The zero-order valence-electron chi connectivity index (χ0n) is 17.4. The normalized spacial score (nSPS) is 17.6. The van der Waals surface area contributed by atoms with Gasteiger partial charge < -0.3 is 14.9 Å². The fourth-order valence-electron chi connectivity index (χ4n) is 3.85. The van der Waals surface area contributed by atoms with E-state index in [1.54, 1.807) is 61.7 Å². The highest BCUT2D eigenvalue weighted by Crippen LogP contribution is 2.42. The molecule has 32 heavy (non-hydrogen) atoms. The summed E-state index contributed by atoms with van der Waals surface area (Å²) < 4.78 is 5.27. The van der Waals surface area contributed by atoms with Gasteiger partial charge in [-0.05, 0) is 72.6 Å². The molecule has 6 nitrogen and oxygen atoms in total. The van der Waals surface area contributed by atoms with E-state index in [-0.39, 0.29) is 17.1 Å². The molecule has 3 aromatic carbocycles. The van der Waals surface area contributed by atoms with Crippen LogP contribution in [0.1, 0.15) is 22.7 Å². The Morgan fingerprint density at radius 3 is 2.25 bits per heavy atom. The number of benzene rings is 3. The highest BCUT2D eigenvalue weighted by atomic mass is 35.5. The molecule has 1 saturated heterocycles. The van der Waals surface area contributed by atoms with Gasteiger partial charge in [0.25, 0.3) is 11.7 Å². The molecule has 0 saturated carbocycles. The summed E-state index contributed by atoms with van der Waals surface area (Å²) in [4.78, 5) is 27.5. The van der Waals surface area contributed by atoms with Gasteiger partial charge in [-0.2, -0.15) is 0 Å². The molecule has 4 rings (SSSR count). The van der Waals surface area contributed by atoms with Crippen LogP contribution in [0.3, 0.4) is 0 Å². The number of ether oxygens (including phenoxy) is 1. The number of carbonyl (C=O) groups excluding carboxylic acids is 2. The largest absolute Gasteiger partial charge is 0.508 e. The van der Waals surface area contributed by atoms with Crippen molar-refractivity contribution >= 4 is 34.7 Å². The molecule has 0 aromatic heterocycles. The SMILES string of the molecule is COc1ccc(/C(O)=C2/C(=O)C(=O)N(c3ccc(Cl)cc3)C2c2ccc(O)cc2)cc1C. The molecule has 1 aliphatic rings. The quantitative estimate of drug-likeness (QED) is 0.333. The molecule has 0 spiro atoms. The lowest BCUT2D eigenvalue weighted by molar-refractivity contribution is -0.132. The molecule has 2 N–H and O–H groups in total. The van der Waals surface area contributed by atoms with E-state index in [2.05, 4.69) is 0 Å². The first-order valence-electron chi connectivity index (χ1n) is 9.82. The Bertz CT molecular complexity index is 1230. The van der Waals surface area contributed by atoms with Gasteiger partial charge >= 0.3 is 0 Å². The van der Waals surface area contributed by atoms with E-state index in [0.717, 1.165) is 5.56 Å². The van der Waals surface area contributed by atoms with E-state index in [1.165, 1.54) is 17.0 Å². The molecule has 0 bridgehead atoms. The van der Waals surface area contributed by atoms with Crippen LogP contribution in [0.5, 0.6) is 11.5 Å². The van der Waals surface area contributed by atoms with Crippen molar-refractivity contribution in [3.8, 4) is 11.5 Å². The van der Waals surface area contributed by atoms with Crippen molar-refractivity contribution in [3.05, 3.63) is 94.0 Å². The van der Waals surface area contributed by atoms with Crippen LogP contribution in [0.25, 0.3) is 5.76 Å². The topological polar surface area (TPSA) is 87.1 Å². The number of hydrogen-bond acceptors (Lipinski definition) is 5. The van der Waals surface area contributed by atoms with Crippen molar-refractivity contribution in [2.75, 3.05) is 12.0 Å². The predicted molar refractivity (Wildman–Crippen MR) is 122 cm³/mol. The van der Waals surface area contributed by atoms with Gasteiger partial charge in [-0.1, -0.05) is 23.7 Å². The molecule has 1 heterocycles. The summed E-state index contributed by atoms with van der Waals surface area (Å²) in [6.07, 6.45) is 0. The molecular formula is C25H20ClNO5. The molecule has 1 atom stereocenters. The van der Waals surface area contributed by atoms with Crippen LogP contribution in [-0.4, -0.2) is 29.0 Å². The number of methoxy groups -OCH3 is 1. The fourth-order valence-corrected chi connectivity index (χ4v) is 3.98. The highest BCUT2D eigenvalue weighted by molar-refractivity contribution is 6.51. The summed E-state index contributed by atoms with van der Waals surface area (Å²) in [5.41, 5.74) is 2.13. The summed E-state index contributed by atoms with van der Waals surface area (Å²) in [7, 11) is 1.55. The number of anilines is 1. The summed E-state index contributed by atoms with van der Waals surface area (Å²) in [6.45, 7) is 1.82. The number of aryl methyl sites for hydroxylation is 1. The summed E-state index contributed by atoms with van der Waals surface area (Å²) in [5.74, 6) is -1.17. The van der Waals surface area contributed by atoms with Crippen LogP contribution in [0.4, 0.5) is 5.69 Å². The second-order valence-electron chi connectivity index (χ2n) is 7.42. The molecule has 1 amide bonds. The molecule has 3 aromatic rings. The predicted octanol–water partition coefficient (Wildman–Crippen LogP) is 4.99. The van der Waals surface area contributed by atoms with E-state index < -0.39 is 17.7 Å². The Morgan fingerprint density at radius 1 is 1.00 bits per heavy atom. The van der Waals surface area contributed by atoms with Gasteiger partial charge in [-0.25, -0.2) is 0 Å². The van der Waals surface area contributed by atoms with Gasteiger partial charge in [0, 0.05) is 16.3 Å². The van der Waals surface area contributed by atoms with Crippen molar-refractivity contribution < 1.29 is 24.5 Å². The van der Waals surface area contributed by atoms with Crippen molar-refractivity contribution in [3.63, 3.8) is 0 Å². The van der Waals surface area contributed by atoms with Gasteiger partial charge in [0.2, 0.25) is 0 Å². The van der Waals surface area contributed by atoms with Crippen molar-refractivity contribution in [1.29, 1.82) is 0 Å². The maximum Gasteiger partial charge on any atom is 0.300 e. The number of ketones is 1. The first-order chi connectivity index (χ1) is 15.3. The van der Waals surface area contributed by atoms with Crippen molar-refractivity contribution in [2.45, 2.75) is 13.0 Å². The summed E-state index contributed by atoms with van der Waals surface area (Å²) in [5, 5.41) is 21.4. The standard InChI is InChI=1S/C25H20ClNO5/c1-14-13-16(5-12-20(14)32-2)23(29)21-22(15-3-10-19(28)11-4-15)27(25(31)24(21)30)18-8-6-17(26)7-9-18/h3-13,22,28-29H,1-2H3/b23-21-. The van der Waals surface area contributed by atoms with E-state index >= 15 is 0 Å². The molecule has 1 fully saturated rings. The Hall–Kier alpha value is -3.77. The number of aromatic hydroxyl groups is 1. The van der Waals surface area contributed by atoms with E-state index in [0.29, 0.717) is 27.6 Å². The van der Waals surface area contributed by atoms with Crippen molar-refractivity contribution in [1.82, 2.24) is 0 Å². The fraction of sp³-hybridized carbons (Fsp3) is 0.120. The number of phenolic OH excluding ortho intramolecular Hbond substituents is 1. The molecule has 0 radical (unpaired) electrons. The maximum absolute atomic E-state index is 13.1. The van der Waals surface area contributed by atoms with Gasteiger partial charge in [-0.3, -0.25) is 14.5 Å². The molecule has 7 heteroatoms. The number of amides is 1. The second-order valence-corrected chi connectivity index (χ2v) is 7.86. The van der Waals surface area contributed by atoms with Crippen LogP contribution in [0.15, 0.2) is 72.3 Å². The third-order valence-electron chi connectivity index (χ3n) is 5.43. The molecule has 0 aliphatic carbocycles. The van der Waals surface area contributed by atoms with Gasteiger partial charge in [0.15, 0.2) is 0 Å². The molecule has 1 aliphatic heterocycles. The van der Waals surface area contributed by atoms with E-state index in [4.69, 9.17) is 16.3 Å². The first kappa shape index (κ1) is 21.5. The van der Waals surface area contributed by atoms with Crippen molar-refractivity contribution in [2.24, 2.45) is 0 Å². The minimum absolute atomic E-state index is 0.0415. The van der Waals surface area contributed by atoms with E-state index in [9.17, 15) is 19.8 Å². The zero-order valence-corrected chi connectivity index (χ0v) is 18.1. The number of Topliss-reactive ketones (excluding diaryl/α,β-unsaturated/α-hetero) is 1. The smallest absolute Gasteiger partial charge is 0.300 e. The van der Waals surface area contributed by atoms with Gasteiger partial charge in [0.05, 0.1) is 18.7 Å². The Balaban J connectivity index is 1.93. The lowest BCUT2D eigenvalue weighted by atomic mass is 9.94.